The third-order valence-corrected chi connectivity index (χ3v) is 4.22. The van der Waals surface area contributed by atoms with Crippen molar-refractivity contribution in [2.24, 2.45) is 0 Å². The van der Waals surface area contributed by atoms with Crippen LogP contribution in [0, 0.1) is 0 Å². The first-order valence-corrected chi connectivity index (χ1v) is 6.98. The molecule has 1 unspecified atom stereocenters. The minimum atomic E-state index is -0.879. The first kappa shape index (κ1) is 13.1. The first-order valence-electron chi connectivity index (χ1n) is 6.98. The molecule has 106 valence electrons. The van der Waals surface area contributed by atoms with Gasteiger partial charge in [-0.3, -0.25) is 9.69 Å². The van der Waals surface area contributed by atoms with Crippen LogP contribution in [-0.4, -0.2) is 52.5 Å². The van der Waals surface area contributed by atoms with E-state index >= 15 is 0 Å². The summed E-state index contributed by atoms with van der Waals surface area (Å²) in [5, 5.41) is 9.21. The molecule has 20 heavy (non-hydrogen) atoms. The van der Waals surface area contributed by atoms with Crippen molar-refractivity contribution in [1.29, 1.82) is 0 Å². The number of piperazine rings is 1. The quantitative estimate of drug-likeness (QED) is 0.899. The van der Waals surface area contributed by atoms with Gasteiger partial charge in [-0.15, -0.1) is 0 Å². The molecule has 0 aromatic heterocycles. The molecule has 1 aromatic rings. The van der Waals surface area contributed by atoms with E-state index in [0.29, 0.717) is 24.6 Å². The van der Waals surface area contributed by atoms with Gasteiger partial charge in [0.2, 0.25) is 5.91 Å². The van der Waals surface area contributed by atoms with Gasteiger partial charge in [0.05, 0.1) is 5.56 Å². The number of aromatic carboxylic acids is 1. The monoisotopic (exact) mass is 274 g/mol. The molecule has 0 saturated carbocycles. The molecule has 3 rings (SSSR count). The lowest BCUT2D eigenvalue weighted by Gasteiger charge is -2.37. The van der Waals surface area contributed by atoms with Crippen LogP contribution in [-0.2, 0) is 11.3 Å². The van der Waals surface area contributed by atoms with Crippen LogP contribution in [0.3, 0.4) is 0 Å². The Bertz CT molecular complexity index is 544. The maximum atomic E-state index is 11.6. The van der Waals surface area contributed by atoms with E-state index in [1.807, 2.05) is 17.0 Å². The van der Waals surface area contributed by atoms with Crippen LogP contribution in [0.1, 0.15) is 28.8 Å². The Labute approximate surface area is 117 Å². The molecular weight excluding hydrogens is 256 g/mol. The minimum Gasteiger partial charge on any atom is -0.478 e. The highest BCUT2D eigenvalue weighted by molar-refractivity contribution is 5.89. The number of benzene rings is 1. The number of rotatable bonds is 3. The Kier molecular flexibility index (Phi) is 3.44. The van der Waals surface area contributed by atoms with Crippen LogP contribution in [0.25, 0.3) is 0 Å². The predicted octanol–water partition coefficient (Wildman–Crippen LogP) is 1.19. The number of carboxylic acid groups (broad SMARTS) is 1. The highest BCUT2D eigenvalue weighted by Gasteiger charge is 2.35. The molecule has 0 aliphatic carbocycles. The topological polar surface area (TPSA) is 60.9 Å². The average molecular weight is 274 g/mol. The molecule has 1 amide bonds. The second-order valence-electron chi connectivity index (χ2n) is 5.48. The molecule has 2 heterocycles. The van der Waals surface area contributed by atoms with Crippen LogP contribution in [0.2, 0.25) is 0 Å². The first-order chi connectivity index (χ1) is 9.65. The zero-order valence-corrected chi connectivity index (χ0v) is 11.3. The maximum absolute atomic E-state index is 11.6. The number of nitrogens with zero attached hydrogens (tertiary/aromatic N) is 2. The Morgan fingerprint density at radius 1 is 1.30 bits per heavy atom. The van der Waals surface area contributed by atoms with E-state index < -0.39 is 5.97 Å². The van der Waals surface area contributed by atoms with E-state index in [1.54, 1.807) is 12.1 Å². The van der Waals surface area contributed by atoms with Crippen molar-refractivity contribution in [2.75, 3.05) is 19.6 Å². The smallest absolute Gasteiger partial charge is 0.336 e. The number of carboxylic acids is 1. The van der Waals surface area contributed by atoms with Crippen LogP contribution >= 0.6 is 0 Å². The van der Waals surface area contributed by atoms with E-state index in [4.69, 9.17) is 0 Å². The third kappa shape index (κ3) is 2.41. The van der Waals surface area contributed by atoms with Gasteiger partial charge in [0.15, 0.2) is 0 Å². The molecule has 2 aliphatic rings. The lowest BCUT2D eigenvalue weighted by Crippen LogP contribution is -2.51. The van der Waals surface area contributed by atoms with Crippen molar-refractivity contribution in [1.82, 2.24) is 9.80 Å². The van der Waals surface area contributed by atoms with Crippen LogP contribution in [0.15, 0.2) is 24.3 Å². The van der Waals surface area contributed by atoms with Crippen molar-refractivity contribution >= 4 is 11.9 Å². The zero-order valence-electron chi connectivity index (χ0n) is 11.3. The molecule has 2 saturated heterocycles. The van der Waals surface area contributed by atoms with Crippen LogP contribution in [0.5, 0.6) is 0 Å². The normalized spacial score (nSPS) is 22.9. The average Bonchev–Trinajstić information content (AvgIpc) is 2.80. The van der Waals surface area contributed by atoms with Gasteiger partial charge >= 0.3 is 5.97 Å². The van der Waals surface area contributed by atoms with Crippen LogP contribution < -0.4 is 0 Å². The maximum Gasteiger partial charge on any atom is 0.336 e. The molecular formula is C15H18N2O3. The minimum absolute atomic E-state index is 0.264. The lowest BCUT2D eigenvalue weighted by molar-refractivity contribution is -0.130. The second-order valence-corrected chi connectivity index (χ2v) is 5.48. The summed E-state index contributed by atoms with van der Waals surface area (Å²) in [7, 11) is 0. The SMILES string of the molecule is O=C(O)c1ccccc1CN1CCN2C(=O)CCC2C1. The molecule has 1 aromatic carbocycles. The molecule has 5 nitrogen and oxygen atoms in total. The lowest BCUT2D eigenvalue weighted by atomic mass is 10.1. The van der Waals surface area contributed by atoms with Crippen molar-refractivity contribution < 1.29 is 14.7 Å². The molecule has 2 aliphatic heterocycles. The van der Waals surface area contributed by atoms with E-state index in [2.05, 4.69) is 4.90 Å². The Hall–Kier alpha value is -1.88. The highest BCUT2D eigenvalue weighted by Crippen LogP contribution is 2.24. The fourth-order valence-electron chi connectivity index (χ4n) is 3.18. The van der Waals surface area contributed by atoms with E-state index in [-0.39, 0.29) is 5.91 Å². The highest BCUT2D eigenvalue weighted by atomic mass is 16.4. The van der Waals surface area contributed by atoms with Gasteiger partial charge in [-0.05, 0) is 18.1 Å². The number of amides is 1. The van der Waals surface area contributed by atoms with Gasteiger partial charge < -0.3 is 10.0 Å². The summed E-state index contributed by atoms with van der Waals surface area (Å²) in [6, 6.07) is 7.45. The fourth-order valence-corrected chi connectivity index (χ4v) is 3.18. The van der Waals surface area contributed by atoms with Gasteiger partial charge in [-0.2, -0.15) is 0 Å². The van der Waals surface area contributed by atoms with Crippen LogP contribution in [0.4, 0.5) is 0 Å². The Balaban J connectivity index is 1.70. The van der Waals surface area contributed by atoms with Gasteiger partial charge in [0, 0.05) is 38.6 Å². The summed E-state index contributed by atoms with van der Waals surface area (Å²) in [5.74, 6) is -0.615. The zero-order chi connectivity index (χ0) is 14.1. The van der Waals surface area contributed by atoms with Crippen molar-refractivity contribution in [2.45, 2.75) is 25.4 Å². The van der Waals surface area contributed by atoms with Crippen molar-refractivity contribution in [3.63, 3.8) is 0 Å². The van der Waals surface area contributed by atoms with Gasteiger partial charge in [0.1, 0.15) is 0 Å². The summed E-state index contributed by atoms with van der Waals surface area (Å²) in [5.41, 5.74) is 1.22. The predicted molar refractivity (Wildman–Crippen MR) is 73.4 cm³/mol. The molecule has 1 atom stereocenters. The van der Waals surface area contributed by atoms with Gasteiger partial charge in [-0.25, -0.2) is 4.79 Å². The summed E-state index contributed by atoms with van der Waals surface area (Å²) < 4.78 is 0. The molecule has 5 heteroatoms. The van der Waals surface area contributed by atoms with Gasteiger partial charge in [-0.1, -0.05) is 18.2 Å². The Morgan fingerprint density at radius 2 is 2.10 bits per heavy atom. The standard InChI is InChI=1S/C15H18N2O3/c18-14-6-5-12-10-16(7-8-17(12)14)9-11-3-1-2-4-13(11)15(19)20/h1-4,12H,5-10H2,(H,19,20). The van der Waals surface area contributed by atoms with Gasteiger partial charge in [0.25, 0.3) is 0 Å². The number of hydrogen-bond acceptors (Lipinski definition) is 3. The number of hydrogen-bond donors (Lipinski definition) is 1. The summed E-state index contributed by atoms with van der Waals surface area (Å²) >= 11 is 0. The molecule has 0 bridgehead atoms. The number of fused-ring (bicyclic) bond motifs is 1. The van der Waals surface area contributed by atoms with E-state index in [9.17, 15) is 14.7 Å². The Morgan fingerprint density at radius 3 is 2.90 bits per heavy atom. The van der Waals surface area contributed by atoms with E-state index in [1.165, 1.54) is 0 Å². The third-order valence-electron chi connectivity index (χ3n) is 4.22. The second kappa shape index (κ2) is 5.25. The number of carbonyl (C=O) groups is 2. The van der Waals surface area contributed by atoms with E-state index in [0.717, 1.165) is 31.6 Å². The van der Waals surface area contributed by atoms with Crippen molar-refractivity contribution in [3.05, 3.63) is 35.4 Å². The summed E-state index contributed by atoms with van der Waals surface area (Å²) in [6.07, 6.45) is 1.58. The molecule has 0 radical (unpaired) electrons. The summed E-state index contributed by atoms with van der Waals surface area (Å²) in [4.78, 5) is 27.1. The molecule has 0 spiro atoms. The van der Waals surface area contributed by atoms with Crippen molar-refractivity contribution in [3.8, 4) is 0 Å². The summed E-state index contributed by atoms with van der Waals surface area (Å²) in [6.45, 7) is 3.07. The largest absolute Gasteiger partial charge is 0.478 e. The molecule has 2 fully saturated rings. The fraction of sp³-hybridized carbons (Fsp3) is 0.467. The molecule has 1 N–H and O–H groups in total. The number of carbonyl (C=O) groups excluding carboxylic acids is 1.